The minimum Gasteiger partial charge on any atom is -0.381 e. The lowest BCUT2D eigenvalue weighted by Gasteiger charge is -2.34. The van der Waals surface area contributed by atoms with Gasteiger partial charge in [0.2, 0.25) is 0 Å². The highest BCUT2D eigenvalue weighted by Gasteiger charge is 2.21. The van der Waals surface area contributed by atoms with Gasteiger partial charge in [0, 0.05) is 32.9 Å². The van der Waals surface area contributed by atoms with Crippen molar-refractivity contribution in [2.24, 2.45) is 11.8 Å². The van der Waals surface area contributed by atoms with E-state index in [4.69, 9.17) is 0 Å². The highest BCUT2D eigenvalue weighted by Crippen LogP contribution is 2.27. The monoisotopic (exact) mass is 375 g/mol. The molecular weight excluding hydrogens is 330 g/mol. The molecule has 156 valence electrons. The first-order valence-corrected chi connectivity index (χ1v) is 11.4. The van der Waals surface area contributed by atoms with Gasteiger partial charge in [-0.25, -0.2) is 0 Å². The van der Waals surface area contributed by atoms with Gasteiger partial charge in [-0.15, -0.1) is 6.58 Å². The quantitative estimate of drug-likeness (QED) is 0.470. The molecule has 0 radical (unpaired) electrons. The first-order chi connectivity index (χ1) is 12.9. The fraction of sp³-hybridized carbons (Fsp3) is 0.833. The van der Waals surface area contributed by atoms with Gasteiger partial charge in [0.05, 0.1) is 0 Å². The number of rotatable bonds is 11. The van der Waals surface area contributed by atoms with Gasteiger partial charge in [0.1, 0.15) is 0 Å². The Hall–Kier alpha value is -0.800. The van der Waals surface area contributed by atoms with E-state index < -0.39 is 0 Å². The molecule has 0 aromatic heterocycles. The van der Waals surface area contributed by atoms with E-state index in [0.29, 0.717) is 0 Å². The third-order valence-corrected chi connectivity index (χ3v) is 6.84. The molecular formula is C24H45N3. The summed E-state index contributed by atoms with van der Waals surface area (Å²) in [6.07, 6.45) is 12.3. The van der Waals surface area contributed by atoms with E-state index >= 15 is 0 Å². The van der Waals surface area contributed by atoms with Gasteiger partial charge in [0.15, 0.2) is 0 Å². The van der Waals surface area contributed by atoms with Gasteiger partial charge in [-0.3, -0.25) is 0 Å². The first kappa shape index (κ1) is 22.5. The average molecular weight is 376 g/mol. The van der Waals surface area contributed by atoms with Gasteiger partial charge in [-0.2, -0.15) is 0 Å². The maximum atomic E-state index is 4.15. The Labute approximate surface area is 169 Å². The lowest BCUT2D eigenvalue weighted by Crippen LogP contribution is -2.35. The molecule has 2 saturated heterocycles. The summed E-state index contributed by atoms with van der Waals surface area (Å²) in [5.74, 6) is 1.97. The van der Waals surface area contributed by atoms with E-state index in [-0.39, 0.29) is 0 Å². The van der Waals surface area contributed by atoms with Crippen LogP contribution in [0.15, 0.2) is 24.4 Å². The van der Waals surface area contributed by atoms with Crippen molar-refractivity contribution < 1.29 is 0 Å². The van der Waals surface area contributed by atoms with E-state index in [1.165, 1.54) is 102 Å². The molecule has 0 N–H and O–H groups in total. The lowest BCUT2D eigenvalue weighted by atomic mass is 9.87. The van der Waals surface area contributed by atoms with Crippen molar-refractivity contribution in [1.82, 2.24) is 14.7 Å². The number of piperidine rings is 2. The largest absolute Gasteiger partial charge is 0.381 e. The fourth-order valence-electron chi connectivity index (χ4n) is 4.55. The molecule has 0 spiro atoms. The number of hydrogen-bond donors (Lipinski definition) is 0. The summed E-state index contributed by atoms with van der Waals surface area (Å²) in [5, 5.41) is 0. The molecule has 0 unspecified atom stereocenters. The molecule has 0 aliphatic carbocycles. The Morgan fingerprint density at radius 3 is 1.67 bits per heavy atom. The van der Waals surface area contributed by atoms with Crippen molar-refractivity contribution in [2.45, 2.75) is 64.7 Å². The summed E-state index contributed by atoms with van der Waals surface area (Å²) >= 11 is 0. The van der Waals surface area contributed by atoms with E-state index in [2.05, 4.69) is 48.9 Å². The van der Waals surface area contributed by atoms with E-state index in [0.717, 1.165) is 18.3 Å². The second-order valence-electron chi connectivity index (χ2n) is 9.42. The van der Waals surface area contributed by atoms with Crippen LogP contribution in [0.3, 0.4) is 0 Å². The van der Waals surface area contributed by atoms with Crippen molar-refractivity contribution in [1.29, 1.82) is 0 Å². The molecule has 0 saturated carbocycles. The van der Waals surface area contributed by atoms with Gasteiger partial charge < -0.3 is 14.7 Å². The summed E-state index contributed by atoms with van der Waals surface area (Å²) < 4.78 is 0. The zero-order valence-electron chi connectivity index (χ0n) is 18.5. The van der Waals surface area contributed by atoms with Crippen LogP contribution in [-0.2, 0) is 0 Å². The second-order valence-corrected chi connectivity index (χ2v) is 9.42. The summed E-state index contributed by atoms with van der Waals surface area (Å²) in [4.78, 5) is 7.44. The van der Waals surface area contributed by atoms with Crippen molar-refractivity contribution in [2.75, 3.05) is 53.4 Å². The summed E-state index contributed by atoms with van der Waals surface area (Å²) in [7, 11) is 4.20. The molecule has 0 aromatic carbocycles. The molecule has 2 fully saturated rings. The number of nitrogens with zero attached hydrogens (tertiary/aromatic N) is 3. The summed E-state index contributed by atoms with van der Waals surface area (Å²) in [6, 6.07) is 0. The Morgan fingerprint density at radius 2 is 1.26 bits per heavy atom. The van der Waals surface area contributed by atoms with Crippen molar-refractivity contribution >= 4 is 0 Å². The number of hydrogen-bond acceptors (Lipinski definition) is 3. The predicted molar refractivity (Wildman–Crippen MR) is 119 cm³/mol. The molecule has 0 bridgehead atoms. The Bertz CT molecular complexity index is 441. The molecule has 0 amide bonds. The molecule has 2 rings (SSSR count). The second kappa shape index (κ2) is 11.9. The van der Waals surface area contributed by atoms with Gasteiger partial charge >= 0.3 is 0 Å². The highest BCUT2D eigenvalue weighted by atomic mass is 15.1. The fourth-order valence-corrected chi connectivity index (χ4v) is 4.55. The van der Waals surface area contributed by atoms with E-state index in [1.807, 2.05) is 0 Å². The van der Waals surface area contributed by atoms with Crippen LogP contribution in [0.4, 0.5) is 0 Å². The normalized spacial score (nSPS) is 20.7. The smallest absolute Gasteiger partial charge is 0.00673 e. The molecule has 0 aromatic rings. The van der Waals surface area contributed by atoms with Crippen LogP contribution in [0.1, 0.15) is 64.7 Å². The van der Waals surface area contributed by atoms with Crippen LogP contribution in [0.25, 0.3) is 0 Å². The standard InChI is InChI=1S/C24H45N3/c1-21(2)9-15-26-17-11-23(12-18-26)7-6-8-24-13-19-27(20-14-24)16-10-22(3)25(4)5/h23-24H,1,3,6-20H2,2,4-5H3. The Kier molecular flexibility index (Phi) is 9.92. The maximum Gasteiger partial charge on any atom is 0.00673 e. The molecule has 2 aliphatic rings. The van der Waals surface area contributed by atoms with Crippen LogP contribution in [0, 0.1) is 11.8 Å². The molecule has 0 atom stereocenters. The zero-order valence-corrected chi connectivity index (χ0v) is 18.5. The van der Waals surface area contributed by atoms with Gasteiger partial charge in [-0.05, 0) is 83.5 Å². The van der Waals surface area contributed by atoms with Crippen molar-refractivity contribution in [3.05, 3.63) is 24.4 Å². The topological polar surface area (TPSA) is 9.72 Å². The molecule has 2 aliphatic heterocycles. The number of likely N-dealkylation sites (tertiary alicyclic amines) is 2. The molecule has 27 heavy (non-hydrogen) atoms. The van der Waals surface area contributed by atoms with Gasteiger partial charge in [-0.1, -0.05) is 31.4 Å². The van der Waals surface area contributed by atoms with Crippen LogP contribution in [0.5, 0.6) is 0 Å². The highest BCUT2D eigenvalue weighted by molar-refractivity contribution is 4.92. The summed E-state index contributed by atoms with van der Waals surface area (Å²) in [5.41, 5.74) is 2.58. The van der Waals surface area contributed by atoms with Crippen LogP contribution < -0.4 is 0 Å². The van der Waals surface area contributed by atoms with Crippen molar-refractivity contribution in [3.63, 3.8) is 0 Å². The minimum atomic E-state index is 0.981. The maximum absolute atomic E-state index is 4.15. The molecule has 3 nitrogen and oxygen atoms in total. The van der Waals surface area contributed by atoms with Gasteiger partial charge in [0.25, 0.3) is 0 Å². The summed E-state index contributed by atoms with van der Waals surface area (Å²) in [6.45, 7) is 18.0. The molecule has 2 heterocycles. The molecule has 3 heteroatoms. The van der Waals surface area contributed by atoms with Crippen LogP contribution in [-0.4, -0.2) is 68.1 Å². The van der Waals surface area contributed by atoms with Crippen LogP contribution >= 0.6 is 0 Å². The average Bonchev–Trinajstić information content (AvgIpc) is 2.66. The predicted octanol–water partition coefficient (Wildman–Crippen LogP) is 5.01. The first-order valence-electron chi connectivity index (χ1n) is 11.4. The third-order valence-electron chi connectivity index (χ3n) is 6.84. The van der Waals surface area contributed by atoms with Crippen molar-refractivity contribution in [3.8, 4) is 0 Å². The zero-order chi connectivity index (χ0) is 19.6. The van der Waals surface area contributed by atoms with Crippen LogP contribution in [0.2, 0.25) is 0 Å². The Morgan fingerprint density at radius 1 is 0.815 bits per heavy atom. The Balaban J connectivity index is 1.50. The SMILES string of the molecule is C=C(C)CCN1CCC(CCCC2CCN(CCC(=C)N(C)C)CC2)CC1. The van der Waals surface area contributed by atoms with E-state index in [1.54, 1.807) is 0 Å². The minimum absolute atomic E-state index is 0.981. The van der Waals surface area contributed by atoms with E-state index in [9.17, 15) is 0 Å². The third kappa shape index (κ3) is 8.83. The lowest BCUT2D eigenvalue weighted by molar-refractivity contribution is 0.163.